The Kier molecular flexibility index (Phi) is 3.82. The molecule has 1 atom stereocenters. The second-order valence-electron chi connectivity index (χ2n) is 7.84. The zero-order valence-corrected chi connectivity index (χ0v) is 15.8. The molecule has 2 aromatic heterocycles. The molecular weight excluding hydrogens is 356 g/mol. The lowest BCUT2D eigenvalue weighted by Crippen LogP contribution is -2.44. The summed E-state index contributed by atoms with van der Waals surface area (Å²) in [4.78, 5) is 34.5. The number of hydrogen-bond acceptors (Lipinski definition) is 5. The van der Waals surface area contributed by atoms with Crippen molar-refractivity contribution in [3.63, 3.8) is 0 Å². The van der Waals surface area contributed by atoms with Gasteiger partial charge >= 0.3 is 0 Å². The zero-order valence-electron chi connectivity index (χ0n) is 15.8. The lowest BCUT2D eigenvalue weighted by Gasteiger charge is -2.29. The highest BCUT2D eigenvalue weighted by atomic mass is 16.2. The van der Waals surface area contributed by atoms with Crippen molar-refractivity contribution in [2.24, 2.45) is 0 Å². The third-order valence-electron chi connectivity index (χ3n) is 6.00. The van der Waals surface area contributed by atoms with Crippen molar-refractivity contribution in [1.29, 1.82) is 0 Å². The Hall–Kier alpha value is -3.03. The number of aromatic amines is 1. The Bertz CT molecular complexity index is 1100. The molecule has 1 N–H and O–H groups in total. The van der Waals surface area contributed by atoms with Crippen LogP contribution in [0.5, 0.6) is 0 Å². The molecule has 3 heterocycles. The first-order valence-electron chi connectivity index (χ1n) is 9.75. The van der Waals surface area contributed by atoms with Gasteiger partial charge < -0.3 is 9.88 Å². The van der Waals surface area contributed by atoms with Crippen LogP contribution in [0.2, 0.25) is 0 Å². The number of likely N-dealkylation sites (tertiary alicyclic amines) is 1. The zero-order chi connectivity index (χ0) is 19.3. The summed E-state index contributed by atoms with van der Waals surface area (Å²) in [5.74, 6) is 0.744. The lowest BCUT2D eigenvalue weighted by atomic mass is 9.94. The minimum Gasteiger partial charge on any atom is -0.337 e. The van der Waals surface area contributed by atoms with Crippen molar-refractivity contribution in [2.75, 3.05) is 6.54 Å². The molecule has 0 spiro atoms. The van der Waals surface area contributed by atoms with Crippen molar-refractivity contribution in [2.45, 2.75) is 50.6 Å². The Morgan fingerprint density at radius 3 is 2.82 bits per heavy atom. The maximum Gasteiger partial charge on any atom is 0.281 e. The molecule has 1 aliphatic carbocycles. The summed E-state index contributed by atoms with van der Waals surface area (Å²) in [6.45, 7) is 3.00. The van der Waals surface area contributed by atoms with Crippen molar-refractivity contribution in [3.8, 4) is 0 Å². The van der Waals surface area contributed by atoms with Crippen LogP contribution < -0.4 is 5.56 Å². The highest BCUT2D eigenvalue weighted by molar-refractivity contribution is 5.91. The van der Waals surface area contributed by atoms with E-state index in [9.17, 15) is 9.59 Å². The van der Waals surface area contributed by atoms with Crippen LogP contribution in [0, 0.1) is 6.92 Å². The Morgan fingerprint density at radius 2 is 2.07 bits per heavy atom. The molecule has 1 saturated heterocycles. The number of rotatable bonds is 4. The van der Waals surface area contributed by atoms with Gasteiger partial charge in [0.1, 0.15) is 5.82 Å². The van der Waals surface area contributed by atoms with Gasteiger partial charge in [0.15, 0.2) is 11.2 Å². The average molecular weight is 378 g/mol. The number of carbonyl (C=O) groups is 1. The molecule has 144 valence electrons. The molecule has 3 aromatic rings. The van der Waals surface area contributed by atoms with Gasteiger partial charge in [0.05, 0.1) is 18.0 Å². The Labute approximate surface area is 161 Å². The standard InChI is InChI=1S/C20H22N6O2/c1-13-21-17-16(18(27)22-13)23-24-26(17)12-15-8-5-11-25(15)19(28)20(9-10-20)14-6-3-2-4-7-14/h2-4,6-7,15H,5,8-12H2,1H3,(H,21,22,27)/t15-/m1/s1. The van der Waals surface area contributed by atoms with Gasteiger partial charge in [-0.3, -0.25) is 9.59 Å². The highest BCUT2D eigenvalue weighted by Crippen LogP contribution is 2.50. The summed E-state index contributed by atoms with van der Waals surface area (Å²) in [5, 5.41) is 8.12. The Morgan fingerprint density at radius 1 is 1.29 bits per heavy atom. The molecule has 1 saturated carbocycles. The van der Waals surface area contributed by atoms with Crippen molar-refractivity contribution >= 4 is 17.1 Å². The van der Waals surface area contributed by atoms with Crippen LogP contribution in [0.15, 0.2) is 35.1 Å². The van der Waals surface area contributed by atoms with Crippen LogP contribution in [-0.4, -0.2) is 48.4 Å². The van der Waals surface area contributed by atoms with Gasteiger partial charge in [-0.25, -0.2) is 9.67 Å². The van der Waals surface area contributed by atoms with Crippen molar-refractivity contribution in [1.82, 2.24) is 29.9 Å². The molecule has 5 rings (SSSR count). The molecular formula is C20H22N6O2. The third kappa shape index (κ3) is 2.63. The smallest absolute Gasteiger partial charge is 0.281 e. The number of aryl methyl sites for hydroxylation is 1. The molecule has 1 aromatic carbocycles. The van der Waals surface area contributed by atoms with E-state index in [0.29, 0.717) is 18.0 Å². The molecule has 0 radical (unpaired) electrons. The first-order valence-corrected chi connectivity index (χ1v) is 9.75. The van der Waals surface area contributed by atoms with Crippen LogP contribution in [0.4, 0.5) is 0 Å². The van der Waals surface area contributed by atoms with Gasteiger partial charge in [-0.15, -0.1) is 5.10 Å². The summed E-state index contributed by atoms with van der Waals surface area (Å²) in [7, 11) is 0. The van der Waals surface area contributed by atoms with E-state index >= 15 is 0 Å². The first kappa shape index (κ1) is 17.1. The van der Waals surface area contributed by atoms with E-state index in [1.165, 1.54) is 0 Å². The van der Waals surface area contributed by atoms with E-state index in [4.69, 9.17) is 0 Å². The van der Waals surface area contributed by atoms with Gasteiger partial charge in [0, 0.05) is 6.54 Å². The topological polar surface area (TPSA) is 96.8 Å². The number of amides is 1. The molecule has 28 heavy (non-hydrogen) atoms. The van der Waals surface area contributed by atoms with E-state index in [1.807, 2.05) is 23.1 Å². The van der Waals surface area contributed by atoms with Gasteiger partial charge in [0.2, 0.25) is 5.91 Å². The molecule has 0 bridgehead atoms. The van der Waals surface area contributed by atoms with E-state index < -0.39 is 0 Å². The Balaban J connectivity index is 1.43. The van der Waals surface area contributed by atoms with Gasteiger partial charge in [-0.1, -0.05) is 35.5 Å². The number of aromatic nitrogens is 5. The SMILES string of the molecule is Cc1nc2c(nnn2C[C@H]2CCCN2C(=O)C2(c3ccccc3)CC2)c(=O)[nH]1. The number of nitrogens with one attached hydrogen (secondary N) is 1. The predicted molar refractivity (Wildman–Crippen MR) is 103 cm³/mol. The van der Waals surface area contributed by atoms with E-state index in [2.05, 4.69) is 32.4 Å². The summed E-state index contributed by atoms with van der Waals surface area (Å²) in [6, 6.07) is 10.1. The summed E-state index contributed by atoms with van der Waals surface area (Å²) < 4.78 is 1.66. The number of H-pyrrole nitrogens is 1. The minimum atomic E-state index is -0.361. The fraction of sp³-hybridized carbons (Fsp3) is 0.450. The van der Waals surface area contributed by atoms with Crippen LogP contribution in [0.1, 0.15) is 37.1 Å². The number of hydrogen-bond donors (Lipinski definition) is 1. The molecule has 1 aliphatic heterocycles. The fourth-order valence-electron chi connectivity index (χ4n) is 4.37. The molecule has 2 aliphatic rings. The van der Waals surface area contributed by atoms with Crippen LogP contribution >= 0.6 is 0 Å². The lowest BCUT2D eigenvalue weighted by molar-refractivity contribution is -0.135. The largest absolute Gasteiger partial charge is 0.337 e. The highest BCUT2D eigenvalue weighted by Gasteiger charge is 2.54. The minimum absolute atomic E-state index is 0.0416. The van der Waals surface area contributed by atoms with Gasteiger partial charge in [0.25, 0.3) is 5.56 Å². The summed E-state index contributed by atoms with van der Waals surface area (Å²) in [5.41, 5.74) is 1.18. The second-order valence-corrected chi connectivity index (χ2v) is 7.84. The molecule has 2 fully saturated rings. The fourth-order valence-corrected chi connectivity index (χ4v) is 4.37. The van der Waals surface area contributed by atoms with Gasteiger partial charge in [-0.2, -0.15) is 0 Å². The van der Waals surface area contributed by atoms with Crippen LogP contribution in [-0.2, 0) is 16.8 Å². The normalized spacial score (nSPS) is 20.6. The van der Waals surface area contributed by atoms with E-state index in [1.54, 1.807) is 11.6 Å². The van der Waals surface area contributed by atoms with Crippen LogP contribution in [0.3, 0.4) is 0 Å². The number of nitrogens with zero attached hydrogens (tertiary/aromatic N) is 5. The molecule has 8 heteroatoms. The van der Waals surface area contributed by atoms with E-state index in [-0.39, 0.29) is 28.4 Å². The average Bonchev–Trinajstić information content (AvgIpc) is 3.22. The quantitative estimate of drug-likeness (QED) is 0.743. The number of fused-ring (bicyclic) bond motifs is 1. The monoisotopic (exact) mass is 378 g/mol. The number of carbonyl (C=O) groups excluding carboxylic acids is 1. The second kappa shape index (κ2) is 6.25. The van der Waals surface area contributed by atoms with Crippen LogP contribution in [0.25, 0.3) is 11.2 Å². The summed E-state index contributed by atoms with van der Waals surface area (Å²) in [6.07, 6.45) is 3.70. The maximum atomic E-state index is 13.5. The molecule has 8 nitrogen and oxygen atoms in total. The van der Waals surface area contributed by atoms with E-state index in [0.717, 1.165) is 37.8 Å². The third-order valence-corrected chi connectivity index (χ3v) is 6.00. The molecule has 0 unspecified atom stereocenters. The van der Waals surface area contributed by atoms with Gasteiger partial charge in [-0.05, 0) is 38.2 Å². The molecule has 1 amide bonds. The first-order chi connectivity index (χ1) is 13.6. The summed E-state index contributed by atoms with van der Waals surface area (Å²) >= 11 is 0. The number of benzene rings is 1. The predicted octanol–water partition coefficient (Wildman–Crippen LogP) is 1.55. The van der Waals surface area contributed by atoms with Crippen molar-refractivity contribution < 1.29 is 4.79 Å². The van der Waals surface area contributed by atoms with Crippen molar-refractivity contribution in [3.05, 3.63) is 52.1 Å². The maximum absolute atomic E-state index is 13.5.